The lowest BCUT2D eigenvalue weighted by atomic mass is 10.0. The number of hydrogen-bond donors (Lipinski definition) is 5. The first kappa shape index (κ1) is 24.3. The number of aliphatic hydroxyl groups is 5. The molecule has 9 nitrogen and oxygen atoms in total. The third kappa shape index (κ3) is 6.69. The highest BCUT2D eigenvalue weighted by Crippen LogP contribution is 2.24. The number of likely N-dealkylation sites (N-methyl/N-ethyl adjacent to an activating group) is 1. The number of carbonyl (C=O) groups excluding carboxylic acids is 2. The topological polar surface area (TPSA) is 148 Å². The second-order valence-corrected chi connectivity index (χ2v) is 6.78. The van der Waals surface area contributed by atoms with E-state index < -0.39 is 36.9 Å². The van der Waals surface area contributed by atoms with Crippen molar-refractivity contribution in [1.29, 1.82) is 0 Å². The van der Waals surface area contributed by atoms with Crippen LogP contribution in [0.15, 0.2) is 18.2 Å². The van der Waals surface area contributed by atoms with Crippen LogP contribution in [0.5, 0.6) is 5.75 Å². The van der Waals surface area contributed by atoms with E-state index >= 15 is 0 Å². The number of rotatable bonds is 11. The summed E-state index contributed by atoms with van der Waals surface area (Å²) >= 11 is 5.89. The number of ether oxygens (including phenoxy) is 1. The number of methoxy groups -OCH3 is 1. The summed E-state index contributed by atoms with van der Waals surface area (Å²) in [6.07, 6.45) is -7.01. The van der Waals surface area contributed by atoms with Crippen LogP contribution in [0.2, 0.25) is 5.02 Å². The number of aliphatic hydroxyl groups excluding tert-OH is 5. The maximum atomic E-state index is 12.3. The second-order valence-electron chi connectivity index (χ2n) is 6.34. The molecule has 0 saturated heterocycles. The van der Waals surface area contributed by atoms with E-state index in [9.17, 15) is 30.0 Å². The molecule has 1 aromatic rings. The van der Waals surface area contributed by atoms with Crippen LogP contribution in [0.1, 0.15) is 23.2 Å². The van der Waals surface area contributed by atoms with Gasteiger partial charge in [0.2, 0.25) is 5.91 Å². The molecule has 0 aromatic heterocycles. The summed E-state index contributed by atoms with van der Waals surface area (Å²) in [6.45, 7) is -1.14. The van der Waals surface area contributed by atoms with Crippen molar-refractivity contribution in [3.05, 3.63) is 28.8 Å². The van der Waals surface area contributed by atoms with Gasteiger partial charge in [0.05, 0.1) is 19.3 Å². The van der Waals surface area contributed by atoms with Gasteiger partial charge in [-0.1, -0.05) is 11.6 Å². The molecule has 1 amide bonds. The van der Waals surface area contributed by atoms with Crippen LogP contribution >= 0.6 is 11.6 Å². The number of ketones is 1. The third-order valence-electron chi connectivity index (χ3n) is 4.24. The molecule has 0 radical (unpaired) electrons. The van der Waals surface area contributed by atoms with E-state index in [1.807, 2.05) is 0 Å². The van der Waals surface area contributed by atoms with Gasteiger partial charge in [-0.15, -0.1) is 0 Å². The van der Waals surface area contributed by atoms with E-state index in [0.29, 0.717) is 10.8 Å². The van der Waals surface area contributed by atoms with E-state index in [-0.39, 0.29) is 30.7 Å². The predicted molar refractivity (Wildman–Crippen MR) is 100 cm³/mol. The third-order valence-corrected chi connectivity index (χ3v) is 4.48. The first-order valence-electron chi connectivity index (χ1n) is 8.56. The minimum Gasteiger partial charge on any atom is -0.496 e. The summed E-state index contributed by atoms with van der Waals surface area (Å²) in [5.74, 6) is -0.480. The number of hydrogen-bond acceptors (Lipinski definition) is 8. The van der Waals surface area contributed by atoms with E-state index in [0.717, 1.165) is 4.90 Å². The van der Waals surface area contributed by atoms with Gasteiger partial charge in [-0.2, -0.15) is 0 Å². The Bertz CT molecular complexity index is 671. The van der Waals surface area contributed by atoms with E-state index in [2.05, 4.69) is 0 Å². The molecular weight excluding hydrogens is 394 g/mol. The molecular formula is C18H26ClNO8. The molecule has 1 aromatic carbocycles. The Labute approximate surface area is 167 Å². The largest absolute Gasteiger partial charge is 0.496 e. The average Bonchev–Trinajstić information content (AvgIpc) is 2.69. The summed E-state index contributed by atoms with van der Waals surface area (Å²) in [5, 5.41) is 47.7. The molecule has 0 aliphatic rings. The highest BCUT2D eigenvalue weighted by atomic mass is 35.5. The van der Waals surface area contributed by atoms with Crippen molar-refractivity contribution in [1.82, 2.24) is 4.90 Å². The van der Waals surface area contributed by atoms with Gasteiger partial charge in [-0.05, 0) is 18.2 Å². The molecule has 10 heteroatoms. The fourth-order valence-electron chi connectivity index (χ4n) is 2.50. The van der Waals surface area contributed by atoms with Crippen molar-refractivity contribution < 1.29 is 39.9 Å². The van der Waals surface area contributed by atoms with Gasteiger partial charge in [0.15, 0.2) is 5.78 Å². The minimum atomic E-state index is -1.78. The lowest BCUT2D eigenvalue weighted by molar-refractivity contribution is -0.137. The molecule has 1 rings (SSSR count). The molecule has 0 saturated carbocycles. The Hall–Kier alpha value is -1.75. The molecule has 0 bridgehead atoms. The Balaban J connectivity index is 2.61. The Morgan fingerprint density at radius 2 is 1.71 bits per heavy atom. The Morgan fingerprint density at radius 3 is 2.29 bits per heavy atom. The summed E-state index contributed by atoms with van der Waals surface area (Å²) in [5.41, 5.74) is 0.252. The summed E-state index contributed by atoms with van der Waals surface area (Å²) in [4.78, 5) is 25.6. The Kier molecular flexibility index (Phi) is 9.80. The standard InChI is InChI=1S/C18H26ClNO8/c1-20(8-13(23)17(26)18(27)14(24)9-21)16(25)6-4-12(22)11-7-10(19)3-5-15(11)28-2/h3,5,7,13-14,17-18,21,23-24,26-27H,4,6,8-9H2,1-2H3. The van der Waals surface area contributed by atoms with Crippen LogP contribution in [0.3, 0.4) is 0 Å². The van der Waals surface area contributed by atoms with Gasteiger partial charge < -0.3 is 35.2 Å². The quantitative estimate of drug-likeness (QED) is 0.293. The van der Waals surface area contributed by atoms with Crippen LogP contribution in [0.25, 0.3) is 0 Å². The van der Waals surface area contributed by atoms with E-state index in [1.54, 1.807) is 12.1 Å². The number of halogens is 1. The molecule has 0 aliphatic heterocycles. The number of carbonyl (C=O) groups is 2. The van der Waals surface area contributed by atoms with Crippen LogP contribution in [-0.2, 0) is 4.79 Å². The van der Waals surface area contributed by atoms with Gasteiger partial charge in [0, 0.05) is 31.5 Å². The second kappa shape index (κ2) is 11.3. The SMILES string of the molecule is COc1ccc(Cl)cc1C(=O)CCC(=O)N(C)CC(O)C(O)C(O)C(O)CO. The number of Topliss-reactive ketones (excluding diaryl/α,β-unsaturated/α-hetero) is 1. The van der Waals surface area contributed by atoms with Crippen molar-refractivity contribution >= 4 is 23.3 Å². The number of nitrogens with zero attached hydrogens (tertiary/aromatic N) is 1. The summed E-state index contributed by atoms with van der Waals surface area (Å²) in [6, 6.07) is 4.57. The highest BCUT2D eigenvalue weighted by molar-refractivity contribution is 6.31. The molecule has 28 heavy (non-hydrogen) atoms. The van der Waals surface area contributed by atoms with Crippen molar-refractivity contribution in [2.75, 3.05) is 27.3 Å². The monoisotopic (exact) mass is 419 g/mol. The van der Waals surface area contributed by atoms with Crippen LogP contribution in [0.4, 0.5) is 0 Å². The number of amides is 1. The van der Waals surface area contributed by atoms with Crippen LogP contribution < -0.4 is 4.74 Å². The number of benzene rings is 1. The van der Waals surface area contributed by atoms with E-state index in [4.69, 9.17) is 21.4 Å². The van der Waals surface area contributed by atoms with Gasteiger partial charge in [-0.3, -0.25) is 9.59 Å². The molecule has 4 unspecified atom stereocenters. The zero-order valence-corrected chi connectivity index (χ0v) is 16.4. The molecule has 4 atom stereocenters. The lowest BCUT2D eigenvalue weighted by Gasteiger charge is -2.28. The first-order chi connectivity index (χ1) is 13.1. The zero-order chi connectivity index (χ0) is 21.4. The Morgan fingerprint density at radius 1 is 1.11 bits per heavy atom. The van der Waals surface area contributed by atoms with Crippen molar-refractivity contribution in [2.45, 2.75) is 37.3 Å². The van der Waals surface area contributed by atoms with E-state index in [1.165, 1.54) is 20.2 Å². The normalized spacial score (nSPS) is 15.4. The molecule has 0 heterocycles. The molecule has 5 N–H and O–H groups in total. The first-order valence-corrected chi connectivity index (χ1v) is 8.94. The van der Waals surface area contributed by atoms with Crippen molar-refractivity contribution in [2.24, 2.45) is 0 Å². The fourth-order valence-corrected chi connectivity index (χ4v) is 2.67. The zero-order valence-electron chi connectivity index (χ0n) is 15.7. The molecule has 0 aliphatic carbocycles. The maximum absolute atomic E-state index is 12.3. The summed E-state index contributed by atoms with van der Waals surface area (Å²) < 4.78 is 5.11. The van der Waals surface area contributed by atoms with Crippen LogP contribution in [0, 0.1) is 0 Å². The van der Waals surface area contributed by atoms with Gasteiger partial charge >= 0.3 is 0 Å². The van der Waals surface area contributed by atoms with Crippen molar-refractivity contribution in [3.8, 4) is 5.75 Å². The molecule has 0 fully saturated rings. The smallest absolute Gasteiger partial charge is 0.222 e. The minimum absolute atomic E-state index is 0.121. The predicted octanol–water partition coefficient (Wildman–Crippen LogP) is -0.794. The van der Waals surface area contributed by atoms with Crippen molar-refractivity contribution in [3.63, 3.8) is 0 Å². The molecule has 0 spiro atoms. The average molecular weight is 420 g/mol. The van der Waals surface area contributed by atoms with Crippen LogP contribution in [-0.4, -0.2) is 93.8 Å². The van der Waals surface area contributed by atoms with Gasteiger partial charge in [0.25, 0.3) is 0 Å². The lowest BCUT2D eigenvalue weighted by Crippen LogP contribution is -2.50. The maximum Gasteiger partial charge on any atom is 0.222 e. The molecule has 158 valence electrons. The summed E-state index contributed by atoms with van der Waals surface area (Å²) in [7, 11) is 2.77. The van der Waals surface area contributed by atoms with Gasteiger partial charge in [0.1, 0.15) is 30.2 Å². The highest BCUT2D eigenvalue weighted by Gasteiger charge is 2.31. The fraction of sp³-hybridized carbons (Fsp3) is 0.556. The van der Waals surface area contributed by atoms with Gasteiger partial charge in [-0.25, -0.2) is 0 Å².